The smallest absolute Gasteiger partial charge is 0.0205 e. The van der Waals surface area contributed by atoms with Gasteiger partial charge in [0, 0.05) is 17.1 Å². The van der Waals surface area contributed by atoms with Crippen LogP contribution in [0.3, 0.4) is 0 Å². The lowest BCUT2D eigenvalue weighted by Gasteiger charge is -2.09. The molecule has 0 aliphatic rings. The number of nitrogens with one attached hydrogen (secondary N) is 2. The van der Waals surface area contributed by atoms with Crippen molar-refractivity contribution in [2.75, 3.05) is 13.1 Å². The highest BCUT2D eigenvalue weighted by Crippen LogP contribution is 2.16. The van der Waals surface area contributed by atoms with Gasteiger partial charge in [0.2, 0.25) is 0 Å². The van der Waals surface area contributed by atoms with Gasteiger partial charge in [0.1, 0.15) is 0 Å². The third-order valence-electron chi connectivity index (χ3n) is 2.63. The van der Waals surface area contributed by atoms with Gasteiger partial charge in [0.15, 0.2) is 0 Å². The summed E-state index contributed by atoms with van der Waals surface area (Å²) in [5.41, 5.74) is 2.65. The van der Waals surface area contributed by atoms with Crippen molar-refractivity contribution in [1.29, 1.82) is 0 Å². The fourth-order valence-corrected chi connectivity index (χ4v) is 1.90. The molecule has 0 saturated carbocycles. The van der Waals surface area contributed by atoms with Gasteiger partial charge in [-0.1, -0.05) is 41.9 Å². The van der Waals surface area contributed by atoms with Gasteiger partial charge in [-0.05, 0) is 43.6 Å². The molecule has 0 aliphatic heterocycles. The minimum absolute atomic E-state index is 0.587. The molecule has 1 rings (SSSR count). The lowest BCUT2D eigenvalue weighted by atomic mass is 10.1. The van der Waals surface area contributed by atoms with Crippen molar-refractivity contribution in [2.45, 2.75) is 39.8 Å². The number of rotatable bonds is 7. The summed E-state index contributed by atoms with van der Waals surface area (Å²) in [5.74, 6) is 0. The fraction of sp³-hybridized carbons (Fsp3) is 0.571. The van der Waals surface area contributed by atoms with Crippen molar-refractivity contribution in [3.63, 3.8) is 0 Å². The first-order valence-corrected chi connectivity index (χ1v) is 7.08. The Labute approximate surface area is 113 Å². The molecule has 0 aromatic heterocycles. The van der Waals surface area contributed by atoms with Crippen molar-refractivity contribution in [3.8, 4) is 0 Å². The molecule has 2 N–H and O–H groups in total. The normalized spacial score (nSPS) is 11.1. The summed E-state index contributed by atoms with van der Waals surface area (Å²) in [6.45, 7) is 9.59. The van der Waals surface area contributed by atoms with Crippen LogP contribution in [0.5, 0.6) is 0 Å². The van der Waals surface area contributed by atoms with Crippen LogP contribution >= 0.6 is 15.9 Å². The molecule has 3 heteroatoms. The summed E-state index contributed by atoms with van der Waals surface area (Å²) in [4.78, 5) is 0. The van der Waals surface area contributed by atoms with Gasteiger partial charge >= 0.3 is 0 Å². The number of aryl methyl sites for hydroxylation is 1. The summed E-state index contributed by atoms with van der Waals surface area (Å²) in [7, 11) is 0. The van der Waals surface area contributed by atoms with Crippen LogP contribution in [0.2, 0.25) is 0 Å². The second kappa shape index (κ2) is 7.85. The van der Waals surface area contributed by atoms with Crippen molar-refractivity contribution in [2.24, 2.45) is 0 Å². The molecule has 0 amide bonds. The van der Waals surface area contributed by atoms with E-state index in [-0.39, 0.29) is 0 Å². The maximum atomic E-state index is 3.52. The van der Waals surface area contributed by atoms with E-state index >= 15 is 0 Å². The van der Waals surface area contributed by atoms with Crippen LogP contribution in [-0.4, -0.2) is 19.1 Å². The van der Waals surface area contributed by atoms with Gasteiger partial charge in [0.05, 0.1) is 0 Å². The van der Waals surface area contributed by atoms with Gasteiger partial charge < -0.3 is 10.6 Å². The van der Waals surface area contributed by atoms with Crippen LogP contribution < -0.4 is 10.6 Å². The van der Waals surface area contributed by atoms with Crippen LogP contribution in [0.25, 0.3) is 0 Å². The number of hydrogen-bond donors (Lipinski definition) is 2. The lowest BCUT2D eigenvalue weighted by Crippen LogP contribution is -2.26. The van der Waals surface area contributed by atoms with Gasteiger partial charge in [-0.3, -0.25) is 0 Å². The summed E-state index contributed by atoms with van der Waals surface area (Å²) < 4.78 is 1.18. The maximum Gasteiger partial charge on any atom is 0.0205 e. The quantitative estimate of drug-likeness (QED) is 0.755. The van der Waals surface area contributed by atoms with E-state index in [1.165, 1.54) is 22.0 Å². The predicted octanol–water partition coefficient (Wildman–Crippen LogP) is 3.24. The molecule has 17 heavy (non-hydrogen) atoms. The van der Waals surface area contributed by atoms with E-state index in [0.717, 1.165) is 19.6 Å². The first kappa shape index (κ1) is 14.7. The van der Waals surface area contributed by atoms with E-state index < -0.39 is 0 Å². The Morgan fingerprint density at radius 2 is 2.00 bits per heavy atom. The average molecular weight is 299 g/mol. The van der Waals surface area contributed by atoms with E-state index in [2.05, 4.69) is 65.5 Å². The molecular weight excluding hydrogens is 276 g/mol. The largest absolute Gasteiger partial charge is 0.314 e. The Balaban J connectivity index is 2.16. The minimum Gasteiger partial charge on any atom is -0.314 e. The number of halogens is 1. The Bertz CT molecular complexity index is 337. The number of benzene rings is 1. The van der Waals surface area contributed by atoms with Crippen LogP contribution in [0, 0.1) is 6.92 Å². The molecule has 1 aromatic rings. The third kappa shape index (κ3) is 6.20. The van der Waals surface area contributed by atoms with Crippen LogP contribution in [0.4, 0.5) is 0 Å². The number of hydrogen-bond acceptors (Lipinski definition) is 2. The monoisotopic (exact) mass is 298 g/mol. The molecule has 0 radical (unpaired) electrons. The summed E-state index contributed by atoms with van der Waals surface area (Å²) in [6, 6.07) is 7.09. The first-order valence-electron chi connectivity index (χ1n) is 6.28. The Kier molecular flexibility index (Phi) is 6.78. The summed E-state index contributed by atoms with van der Waals surface area (Å²) in [5, 5.41) is 6.88. The third-order valence-corrected chi connectivity index (χ3v) is 3.52. The molecule has 0 spiro atoms. The molecule has 0 fully saturated rings. The van der Waals surface area contributed by atoms with E-state index in [1.807, 2.05) is 0 Å². The zero-order chi connectivity index (χ0) is 12.7. The van der Waals surface area contributed by atoms with Crippen molar-refractivity contribution < 1.29 is 0 Å². The molecule has 0 bridgehead atoms. The molecule has 1 aromatic carbocycles. The van der Waals surface area contributed by atoms with Gasteiger partial charge in [-0.15, -0.1) is 0 Å². The Hall–Kier alpha value is -0.380. The zero-order valence-corrected chi connectivity index (χ0v) is 12.6. The Morgan fingerprint density at radius 3 is 2.65 bits per heavy atom. The first-order chi connectivity index (χ1) is 8.09. The van der Waals surface area contributed by atoms with E-state index in [0.29, 0.717) is 6.04 Å². The highest BCUT2D eigenvalue weighted by atomic mass is 79.9. The molecule has 96 valence electrons. The SMILES string of the molecule is Cc1cc(CNCCCNC(C)C)ccc1Br. The van der Waals surface area contributed by atoms with Crippen molar-refractivity contribution in [1.82, 2.24) is 10.6 Å². The highest BCUT2D eigenvalue weighted by Gasteiger charge is 1.97. The van der Waals surface area contributed by atoms with E-state index in [1.54, 1.807) is 0 Å². The average Bonchev–Trinajstić information content (AvgIpc) is 2.27. The standard InChI is InChI=1S/C14H23BrN2/c1-11(2)17-8-4-7-16-10-13-5-6-14(15)12(3)9-13/h5-6,9,11,16-17H,4,7-8,10H2,1-3H3. The van der Waals surface area contributed by atoms with Crippen LogP contribution in [0.1, 0.15) is 31.4 Å². The molecular formula is C14H23BrN2. The topological polar surface area (TPSA) is 24.1 Å². The molecule has 2 nitrogen and oxygen atoms in total. The van der Waals surface area contributed by atoms with Crippen molar-refractivity contribution in [3.05, 3.63) is 33.8 Å². The lowest BCUT2D eigenvalue weighted by molar-refractivity contribution is 0.547. The van der Waals surface area contributed by atoms with Crippen LogP contribution in [-0.2, 0) is 6.54 Å². The highest BCUT2D eigenvalue weighted by molar-refractivity contribution is 9.10. The molecule has 0 aliphatic carbocycles. The molecule has 0 unspecified atom stereocenters. The minimum atomic E-state index is 0.587. The molecule has 0 atom stereocenters. The Morgan fingerprint density at radius 1 is 1.24 bits per heavy atom. The molecule has 0 heterocycles. The second-order valence-electron chi connectivity index (χ2n) is 4.72. The summed E-state index contributed by atoms with van der Waals surface area (Å²) in [6.07, 6.45) is 1.17. The molecule has 0 saturated heterocycles. The maximum absolute atomic E-state index is 3.52. The van der Waals surface area contributed by atoms with Crippen LogP contribution in [0.15, 0.2) is 22.7 Å². The van der Waals surface area contributed by atoms with E-state index in [9.17, 15) is 0 Å². The van der Waals surface area contributed by atoms with Gasteiger partial charge in [-0.2, -0.15) is 0 Å². The van der Waals surface area contributed by atoms with Gasteiger partial charge in [0.25, 0.3) is 0 Å². The van der Waals surface area contributed by atoms with Crippen molar-refractivity contribution >= 4 is 15.9 Å². The fourth-order valence-electron chi connectivity index (χ4n) is 1.65. The predicted molar refractivity (Wildman–Crippen MR) is 78.3 cm³/mol. The van der Waals surface area contributed by atoms with Gasteiger partial charge in [-0.25, -0.2) is 0 Å². The zero-order valence-electron chi connectivity index (χ0n) is 11.0. The van der Waals surface area contributed by atoms with E-state index in [4.69, 9.17) is 0 Å². The second-order valence-corrected chi connectivity index (χ2v) is 5.58. The summed E-state index contributed by atoms with van der Waals surface area (Å²) >= 11 is 3.52.